The first-order valence-electron chi connectivity index (χ1n) is 8.29. The van der Waals surface area contributed by atoms with Crippen LogP contribution >= 0.6 is 0 Å². The van der Waals surface area contributed by atoms with Crippen molar-refractivity contribution in [2.75, 3.05) is 13.1 Å². The van der Waals surface area contributed by atoms with Crippen LogP contribution in [-0.4, -0.2) is 50.7 Å². The number of rotatable bonds is 3. The van der Waals surface area contributed by atoms with Gasteiger partial charge in [-0.1, -0.05) is 0 Å². The van der Waals surface area contributed by atoms with E-state index in [1.54, 1.807) is 0 Å². The van der Waals surface area contributed by atoms with Crippen molar-refractivity contribution in [2.24, 2.45) is 5.73 Å². The van der Waals surface area contributed by atoms with E-state index >= 15 is 0 Å². The van der Waals surface area contributed by atoms with Gasteiger partial charge in [-0.25, -0.2) is 9.78 Å². The molecule has 0 aliphatic carbocycles. The number of carbonyl (C=O) groups is 1. The van der Waals surface area contributed by atoms with Crippen molar-refractivity contribution in [1.29, 1.82) is 0 Å². The highest BCUT2D eigenvalue weighted by Crippen LogP contribution is 2.32. The molecule has 1 aromatic heterocycles. The number of fused-ring (bicyclic) bond motifs is 1. The maximum absolute atomic E-state index is 11.5. The standard InChI is InChI=1S/C16H26N4O2/c1-10(2)19-6-3-11(4-7-19)15-18-14(16(21)22)13-9-12(17)5-8-20(13)15/h10-12H,3-9,17H2,1-2H3,(H,21,22). The third kappa shape index (κ3) is 2.77. The Labute approximate surface area is 131 Å². The lowest BCUT2D eigenvalue weighted by Gasteiger charge is -2.35. The third-order valence-corrected chi connectivity index (χ3v) is 5.11. The van der Waals surface area contributed by atoms with E-state index in [1.807, 2.05) is 0 Å². The molecule has 2 aliphatic rings. The molecule has 22 heavy (non-hydrogen) atoms. The highest BCUT2D eigenvalue weighted by Gasteiger charge is 2.32. The van der Waals surface area contributed by atoms with Crippen molar-refractivity contribution in [3.05, 3.63) is 17.2 Å². The summed E-state index contributed by atoms with van der Waals surface area (Å²) in [7, 11) is 0. The van der Waals surface area contributed by atoms with Crippen LogP contribution in [0, 0.1) is 0 Å². The number of nitrogens with zero attached hydrogens (tertiary/aromatic N) is 3. The van der Waals surface area contributed by atoms with Crippen molar-refractivity contribution in [3.63, 3.8) is 0 Å². The molecule has 0 saturated carbocycles. The molecule has 3 N–H and O–H groups in total. The largest absolute Gasteiger partial charge is 0.476 e. The molecule has 0 bridgehead atoms. The van der Waals surface area contributed by atoms with Crippen LogP contribution in [0.1, 0.15) is 61.0 Å². The number of hydrogen-bond acceptors (Lipinski definition) is 4. The second kappa shape index (κ2) is 6.01. The number of aromatic nitrogens is 2. The fraction of sp³-hybridized carbons (Fsp3) is 0.750. The molecule has 2 aliphatic heterocycles. The van der Waals surface area contributed by atoms with E-state index in [9.17, 15) is 9.90 Å². The molecule has 3 rings (SSSR count). The van der Waals surface area contributed by atoms with Crippen molar-refractivity contribution < 1.29 is 9.90 Å². The second-order valence-electron chi connectivity index (χ2n) is 6.88. The molecule has 0 radical (unpaired) electrons. The number of carboxylic acid groups (broad SMARTS) is 1. The van der Waals surface area contributed by atoms with Gasteiger partial charge in [-0.3, -0.25) is 0 Å². The van der Waals surface area contributed by atoms with Gasteiger partial charge in [-0.2, -0.15) is 0 Å². The van der Waals surface area contributed by atoms with Gasteiger partial charge >= 0.3 is 5.97 Å². The molecule has 0 aromatic carbocycles. The Morgan fingerprint density at radius 2 is 1.95 bits per heavy atom. The summed E-state index contributed by atoms with van der Waals surface area (Å²) in [5.74, 6) is 0.419. The quantitative estimate of drug-likeness (QED) is 0.883. The maximum Gasteiger partial charge on any atom is 0.356 e. The van der Waals surface area contributed by atoms with Crippen molar-refractivity contribution in [3.8, 4) is 0 Å². The zero-order chi connectivity index (χ0) is 15.9. The fourth-order valence-corrected chi connectivity index (χ4v) is 3.76. The summed E-state index contributed by atoms with van der Waals surface area (Å²) in [6.07, 6.45) is 3.64. The number of nitrogens with two attached hydrogens (primary N) is 1. The average molecular weight is 306 g/mol. The Hall–Kier alpha value is -1.40. The predicted octanol–water partition coefficient (Wildman–Crippen LogP) is 1.44. The van der Waals surface area contributed by atoms with Crippen LogP contribution in [0.5, 0.6) is 0 Å². The van der Waals surface area contributed by atoms with E-state index in [0.29, 0.717) is 18.4 Å². The van der Waals surface area contributed by atoms with Gasteiger partial charge in [0, 0.05) is 31.0 Å². The molecule has 6 heteroatoms. The molecule has 1 fully saturated rings. The smallest absolute Gasteiger partial charge is 0.356 e. The van der Waals surface area contributed by atoms with Crippen LogP contribution in [0.2, 0.25) is 0 Å². The first-order valence-corrected chi connectivity index (χ1v) is 8.29. The van der Waals surface area contributed by atoms with E-state index in [0.717, 1.165) is 50.4 Å². The van der Waals surface area contributed by atoms with Crippen LogP contribution in [0.4, 0.5) is 0 Å². The summed E-state index contributed by atoms with van der Waals surface area (Å²) < 4.78 is 2.14. The first-order chi connectivity index (χ1) is 10.5. The fourth-order valence-electron chi connectivity index (χ4n) is 3.76. The molecular weight excluding hydrogens is 280 g/mol. The summed E-state index contributed by atoms with van der Waals surface area (Å²) >= 11 is 0. The zero-order valence-electron chi connectivity index (χ0n) is 13.5. The predicted molar refractivity (Wildman–Crippen MR) is 84.2 cm³/mol. The Morgan fingerprint density at radius 3 is 2.55 bits per heavy atom. The molecule has 3 heterocycles. The van der Waals surface area contributed by atoms with Crippen molar-refractivity contribution in [1.82, 2.24) is 14.5 Å². The lowest BCUT2D eigenvalue weighted by Crippen LogP contribution is -2.38. The van der Waals surface area contributed by atoms with E-state index < -0.39 is 5.97 Å². The van der Waals surface area contributed by atoms with Gasteiger partial charge in [0.25, 0.3) is 0 Å². The van der Waals surface area contributed by atoms with E-state index in [2.05, 4.69) is 28.3 Å². The molecule has 0 spiro atoms. The SMILES string of the molecule is CC(C)N1CCC(c2nc(C(=O)O)c3n2CCC(N)C3)CC1. The van der Waals surface area contributed by atoms with Crippen LogP contribution < -0.4 is 5.73 Å². The number of hydrogen-bond donors (Lipinski definition) is 2. The van der Waals surface area contributed by atoms with Crippen LogP contribution in [0.25, 0.3) is 0 Å². The monoisotopic (exact) mass is 306 g/mol. The summed E-state index contributed by atoms with van der Waals surface area (Å²) in [6.45, 7) is 7.37. The number of aromatic carboxylic acids is 1. The Morgan fingerprint density at radius 1 is 1.27 bits per heavy atom. The van der Waals surface area contributed by atoms with Gasteiger partial charge in [-0.15, -0.1) is 0 Å². The Balaban J connectivity index is 1.86. The van der Waals surface area contributed by atoms with E-state index in [1.165, 1.54) is 0 Å². The van der Waals surface area contributed by atoms with E-state index in [-0.39, 0.29) is 11.7 Å². The topological polar surface area (TPSA) is 84.4 Å². The Kier molecular flexibility index (Phi) is 4.23. The lowest BCUT2D eigenvalue weighted by atomic mass is 9.94. The number of likely N-dealkylation sites (tertiary alicyclic amines) is 1. The molecule has 6 nitrogen and oxygen atoms in total. The lowest BCUT2D eigenvalue weighted by molar-refractivity contribution is 0.0689. The normalized spacial score (nSPS) is 23.7. The molecule has 1 unspecified atom stereocenters. The van der Waals surface area contributed by atoms with Crippen molar-refractivity contribution in [2.45, 2.75) is 64.1 Å². The minimum Gasteiger partial charge on any atom is -0.476 e. The van der Waals surface area contributed by atoms with E-state index in [4.69, 9.17) is 5.73 Å². The third-order valence-electron chi connectivity index (χ3n) is 5.11. The molecule has 1 atom stereocenters. The molecular formula is C16H26N4O2. The number of imidazole rings is 1. The minimum atomic E-state index is -0.927. The minimum absolute atomic E-state index is 0.0536. The van der Waals surface area contributed by atoms with Crippen LogP contribution in [-0.2, 0) is 13.0 Å². The number of piperidine rings is 1. The summed E-state index contributed by atoms with van der Waals surface area (Å²) in [5, 5.41) is 9.43. The summed E-state index contributed by atoms with van der Waals surface area (Å²) in [4.78, 5) is 18.5. The van der Waals surface area contributed by atoms with Gasteiger partial charge in [0.1, 0.15) is 5.82 Å². The highest BCUT2D eigenvalue weighted by atomic mass is 16.4. The first kappa shape index (κ1) is 15.5. The van der Waals surface area contributed by atoms with Gasteiger partial charge in [0.2, 0.25) is 0 Å². The average Bonchev–Trinajstić information content (AvgIpc) is 2.86. The van der Waals surface area contributed by atoms with Gasteiger partial charge in [0.15, 0.2) is 5.69 Å². The van der Waals surface area contributed by atoms with Gasteiger partial charge in [0.05, 0.1) is 5.69 Å². The van der Waals surface area contributed by atoms with Gasteiger partial charge < -0.3 is 20.3 Å². The maximum atomic E-state index is 11.5. The molecule has 1 aromatic rings. The molecule has 122 valence electrons. The number of carboxylic acids is 1. The molecule has 1 saturated heterocycles. The summed E-state index contributed by atoms with van der Waals surface area (Å²) in [6, 6.07) is 0.626. The van der Waals surface area contributed by atoms with Crippen LogP contribution in [0.3, 0.4) is 0 Å². The highest BCUT2D eigenvalue weighted by molar-refractivity contribution is 5.87. The Bertz CT molecular complexity index is 559. The zero-order valence-corrected chi connectivity index (χ0v) is 13.5. The second-order valence-corrected chi connectivity index (χ2v) is 6.88. The molecule has 0 amide bonds. The van der Waals surface area contributed by atoms with Crippen LogP contribution in [0.15, 0.2) is 0 Å². The summed E-state index contributed by atoms with van der Waals surface area (Å²) in [5.41, 5.74) is 7.06. The van der Waals surface area contributed by atoms with Crippen molar-refractivity contribution >= 4 is 5.97 Å². The van der Waals surface area contributed by atoms with Gasteiger partial charge in [-0.05, 0) is 46.2 Å².